The Morgan fingerprint density at radius 1 is 1.39 bits per heavy atom. The summed E-state index contributed by atoms with van der Waals surface area (Å²) in [5, 5.41) is 3.53. The van der Waals surface area contributed by atoms with Crippen LogP contribution in [0.3, 0.4) is 0 Å². The molecule has 18 heavy (non-hydrogen) atoms. The first kappa shape index (κ1) is 14.3. The van der Waals surface area contributed by atoms with Gasteiger partial charge in [-0.1, -0.05) is 6.92 Å². The maximum atomic E-state index is 5.66. The molecule has 2 aliphatic rings. The molecule has 4 atom stereocenters. The van der Waals surface area contributed by atoms with Gasteiger partial charge in [0, 0.05) is 12.6 Å². The minimum atomic E-state index is 0.418. The summed E-state index contributed by atoms with van der Waals surface area (Å²) >= 11 is 0. The number of nitrogens with one attached hydrogen (secondary N) is 1. The summed E-state index contributed by atoms with van der Waals surface area (Å²) < 4.78 is 5.66. The van der Waals surface area contributed by atoms with E-state index in [0.29, 0.717) is 12.1 Å². The fourth-order valence-electron chi connectivity index (χ4n) is 3.47. The molecule has 1 N–H and O–H groups in total. The first-order valence-electron chi connectivity index (χ1n) is 7.71. The zero-order chi connectivity index (χ0) is 13.0. The normalized spacial score (nSPS) is 35.0. The Hall–Kier alpha value is -0.120. The van der Waals surface area contributed by atoms with Gasteiger partial charge in [-0.25, -0.2) is 0 Å². The maximum absolute atomic E-state index is 5.66. The maximum Gasteiger partial charge on any atom is 0.0702 e. The number of hydrogen-bond acceptors (Lipinski definition) is 3. The van der Waals surface area contributed by atoms with Gasteiger partial charge in [0.15, 0.2) is 0 Å². The highest BCUT2D eigenvalue weighted by Gasteiger charge is 2.28. The molecule has 0 aromatic rings. The second-order valence-electron chi connectivity index (χ2n) is 6.28. The highest BCUT2D eigenvalue weighted by Crippen LogP contribution is 2.24. The van der Waals surface area contributed by atoms with Crippen LogP contribution in [0.1, 0.15) is 39.5 Å². The van der Waals surface area contributed by atoms with Crippen LogP contribution in [0.5, 0.6) is 0 Å². The van der Waals surface area contributed by atoms with Gasteiger partial charge in [0.05, 0.1) is 6.10 Å². The molecule has 2 aliphatic heterocycles. The molecule has 106 valence electrons. The molecule has 0 aromatic heterocycles. The van der Waals surface area contributed by atoms with E-state index in [1.165, 1.54) is 45.3 Å². The molecule has 2 heterocycles. The van der Waals surface area contributed by atoms with Crippen molar-refractivity contribution in [1.82, 2.24) is 10.2 Å². The fourth-order valence-corrected chi connectivity index (χ4v) is 3.47. The molecule has 0 aromatic carbocycles. The van der Waals surface area contributed by atoms with Gasteiger partial charge in [-0.05, 0) is 71.1 Å². The van der Waals surface area contributed by atoms with Crippen LogP contribution < -0.4 is 5.32 Å². The van der Waals surface area contributed by atoms with Gasteiger partial charge in [-0.15, -0.1) is 0 Å². The molecule has 2 saturated heterocycles. The molecule has 0 saturated carbocycles. The van der Waals surface area contributed by atoms with Crippen LogP contribution in [-0.4, -0.2) is 50.3 Å². The van der Waals surface area contributed by atoms with Gasteiger partial charge in [-0.3, -0.25) is 0 Å². The van der Waals surface area contributed by atoms with Crippen molar-refractivity contribution in [3.8, 4) is 0 Å². The third-order valence-corrected chi connectivity index (χ3v) is 4.98. The van der Waals surface area contributed by atoms with Gasteiger partial charge in [0.25, 0.3) is 0 Å². The van der Waals surface area contributed by atoms with E-state index >= 15 is 0 Å². The standard InChI is InChI=1S/C15H30N2O/c1-12(14-5-4-8-16-11-14)6-9-17(3)15-7-10-18-13(15)2/h12-16H,4-11H2,1-3H3. The van der Waals surface area contributed by atoms with Gasteiger partial charge in [-0.2, -0.15) is 0 Å². The summed E-state index contributed by atoms with van der Waals surface area (Å²) in [5.41, 5.74) is 0. The Morgan fingerprint density at radius 2 is 2.22 bits per heavy atom. The van der Waals surface area contributed by atoms with Crippen molar-refractivity contribution >= 4 is 0 Å². The van der Waals surface area contributed by atoms with Crippen LogP contribution in [0.2, 0.25) is 0 Å². The molecule has 0 aliphatic carbocycles. The summed E-state index contributed by atoms with van der Waals surface area (Å²) in [6.45, 7) is 9.25. The average molecular weight is 254 g/mol. The molecular weight excluding hydrogens is 224 g/mol. The Labute approximate surface area is 112 Å². The van der Waals surface area contributed by atoms with Crippen LogP contribution in [0.25, 0.3) is 0 Å². The van der Waals surface area contributed by atoms with Gasteiger partial charge >= 0.3 is 0 Å². The summed E-state index contributed by atoms with van der Waals surface area (Å²) in [5.74, 6) is 1.74. The smallest absolute Gasteiger partial charge is 0.0702 e. The summed E-state index contributed by atoms with van der Waals surface area (Å²) in [4.78, 5) is 2.52. The lowest BCUT2D eigenvalue weighted by Gasteiger charge is -2.31. The fraction of sp³-hybridized carbons (Fsp3) is 1.00. The summed E-state index contributed by atoms with van der Waals surface area (Å²) in [6.07, 6.45) is 5.73. The Balaban J connectivity index is 1.69. The van der Waals surface area contributed by atoms with Crippen molar-refractivity contribution in [1.29, 1.82) is 0 Å². The molecule has 3 heteroatoms. The Morgan fingerprint density at radius 3 is 2.83 bits per heavy atom. The van der Waals surface area contributed by atoms with E-state index in [-0.39, 0.29) is 0 Å². The summed E-state index contributed by atoms with van der Waals surface area (Å²) in [7, 11) is 2.27. The second-order valence-corrected chi connectivity index (χ2v) is 6.28. The van der Waals surface area contributed by atoms with E-state index in [1.807, 2.05) is 0 Å². The lowest BCUT2D eigenvalue weighted by Crippen LogP contribution is -2.39. The van der Waals surface area contributed by atoms with Crippen molar-refractivity contribution < 1.29 is 4.74 Å². The minimum Gasteiger partial charge on any atom is -0.377 e. The predicted molar refractivity (Wildman–Crippen MR) is 75.8 cm³/mol. The minimum absolute atomic E-state index is 0.418. The molecule has 0 radical (unpaired) electrons. The van der Waals surface area contributed by atoms with Crippen LogP contribution >= 0.6 is 0 Å². The molecule has 0 bridgehead atoms. The molecule has 3 nitrogen and oxygen atoms in total. The van der Waals surface area contributed by atoms with Crippen LogP contribution in [-0.2, 0) is 4.74 Å². The van der Waals surface area contributed by atoms with E-state index in [0.717, 1.165) is 18.4 Å². The van der Waals surface area contributed by atoms with Crippen LogP contribution in [0.4, 0.5) is 0 Å². The molecule has 4 unspecified atom stereocenters. The SMILES string of the molecule is CC(CCN(C)C1CCOC1C)C1CCCNC1. The Bertz CT molecular complexity index is 241. The third kappa shape index (κ3) is 3.69. The van der Waals surface area contributed by atoms with E-state index in [1.54, 1.807) is 0 Å². The zero-order valence-corrected chi connectivity index (χ0v) is 12.3. The summed E-state index contributed by atoms with van der Waals surface area (Å²) in [6, 6.07) is 0.640. The van der Waals surface area contributed by atoms with Crippen molar-refractivity contribution in [2.75, 3.05) is 33.3 Å². The first-order chi connectivity index (χ1) is 8.68. The van der Waals surface area contributed by atoms with Gasteiger partial charge < -0.3 is 15.0 Å². The van der Waals surface area contributed by atoms with Crippen molar-refractivity contribution in [2.45, 2.75) is 51.7 Å². The lowest BCUT2D eigenvalue weighted by atomic mass is 9.85. The van der Waals surface area contributed by atoms with E-state index in [2.05, 4.69) is 31.1 Å². The van der Waals surface area contributed by atoms with Crippen molar-refractivity contribution in [2.24, 2.45) is 11.8 Å². The van der Waals surface area contributed by atoms with Crippen molar-refractivity contribution in [3.63, 3.8) is 0 Å². The number of piperidine rings is 1. The van der Waals surface area contributed by atoms with Crippen molar-refractivity contribution in [3.05, 3.63) is 0 Å². The molecule has 2 rings (SSSR count). The van der Waals surface area contributed by atoms with E-state index < -0.39 is 0 Å². The predicted octanol–water partition coefficient (Wildman–Crippen LogP) is 2.12. The average Bonchev–Trinajstić information content (AvgIpc) is 2.83. The molecule has 2 fully saturated rings. The largest absolute Gasteiger partial charge is 0.377 e. The highest BCUT2D eigenvalue weighted by atomic mass is 16.5. The molecule has 0 spiro atoms. The quantitative estimate of drug-likeness (QED) is 0.813. The first-order valence-corrected chi connectivity index (χ1v) is 7.71. The molecule has 0 amide bonds. The number of hydrogen-bond donors (Lipinski definition) is 1. The topological polar surface area (TPSA) is 24.5 Å². The number of rotatable bonds is 5. The monoisotopic (exact) mass is 254 g/mol. The number of ether oxygens (including phenoxy) is 1. The zero-order valence-electron chi connectivity index (χ0n) is 12.3. The molecular formula is C15H30N2O. The third-order valence-electron chi connectivity index (χ3n) is 4.98. The van der Waals surface area contributed by atoms with Crippen LogP contribution in [0, 0.1) is 11.8 Å². The lowest BCUT2D eigenvalue weighted by molar-refractivity contribution is 0.0804. The number of likely N-dealkylation sites (N-methyl/N-ethyl adjacent to an activating group) is 1. The van der Waals surface area contributed by atoms with E-state index in [4.69, 9.17) is 4.74 Å². The highest BCUT2D eigenvalue weighted by molar-refractivity contribution is 4.81. The number of nitrogens with zero attached hydrogens (tertiary/aromatic N) is 1. The van der Waals surface area contributed by atoms with Gasteiger partial charge in [0.1, 0.15) is 0 Å². The Kier molecular flexibility index (Phi) is 5.46. The second kappa shape index (κ2) is 6.88. The van der Waals surface area contributed by atoms with Gasteiger partial charge in [0.2, 0.25) is 0 Å². The van der Waals surface area contributed by atoms with Crippen LogP contribution in [0.15, 0.2) is 0 Å². The van der Waals surface area contributed by atoms with E-state index in [9.17, 15) is 0 Å².